The lowest BCUT2D eigenvalue weighted by Gasteiger charge is -1.99. The monoisotopic (exact) mass is 237 g/mol. The first-order chi connectivity index (χ1) is 7.78. The second-order valence-electron chi connectivity index (χ2n) is 3.52. The van der Waals surface area contributed by atoms with Crippen molar-refractivity contribution in [2.45, 2.75) is 26.6 Å². The average molecular weight is 237 g/mol. The summed E-state index contributed by atoms with van der Waals surface area (Å²) in [7, 11) is 0. The normalized spacial score (nSPS) is 10.9. The van der Waals surface area contributed by atoms with E-state index in [9.17, 15) is 0 Å². The van der Waals surface area contributed by atoms with E-state index in [4.69, 9.17) is 10.2 Å². The van der Waals surface area contributed by atoms with Crippen molar-refractivity contribution in [3.8, 4) is 0 Å². The molecule has 0 unspecified atom stereocenters. The fraction of sp³-hybridized carbons (Fsp3) is 0.364. The van der Waals surface area contributed by atoms with Gasteiger partial charge in [-0.15, -0.1) is 11.3 Å². The van der Waals surface area contributed by atoms with Crippen LogP contribution >= 0.6 is 11.3 Å². The minimum Gasteiger partial charge on any atom is -0.463 e. The predicted octanol–water partition coefficient (Wildman–Crippen LogP) is 1.79. The third-order valence-electron chi connectivity index (χ3n) is 2.19. The number of nitrogens with one attached hydrogen (secondary N) is 1. The maximum Gasteiger partial charge on any atom is 0.118 e. The molecule has 2 heterocycles. The van der Waals surface area contributed by atoms with Gasteiger partial charge in [0.15, 0.2) is 0 Å². The largest absolute Gasteiger partial charge is 0.463 e. The Labute approximate surface area is 98.5 Å². The van der Waals surface area contributed by atoms with Crippen molar-refractivity contribution in [3.05, 3.63) is 39.7 Å². The van der Waals surface area contributed by atoms with E-state index in [-0.39, 0.29) is 0 Å². The number of rotatable bonds is 5. The molecule has 0 bridgehead atoms. The smallest absolute Gasteiger partial charge is 0.118 e. The lowest BCUT2D eigenvalue weighted by atomic mass is 10.4. The molecule has 0 aliphatic rings. The number of thiazole rings is 1. The number of hydrogen-bond donors (Lipinski definition) is 2. The Morgan fingerprint density at radius 2 is 2.19 bits per heavy atom. The van der Waals surface area contributed by atoms with Gasteiger partial charge in [0, 0.05) is 17.6 Å². The molecule has 0 saturated heterocycles. The molecule has 0 aliphatic heterocycles. The van der Waals surface area contributed by atoms with Gasteiger partial charge in [-0.05, 0) is 19.1 Å². The molecule has 2 aromatic rings. The van der Waals surface area contributed by atoms with Crippen LogP contribution in [0.5, 0.6) is 0 Å². The fourth-order valence-electron chi connectivity index (χ4n) is 1.42. The molecule has 3 N–H and O–H groups in total. The molecule has 0 aromatic carbocycles. The van der Waals surface area contributed by atoms with Crippen LogP contribution in [-0.4, -0.2) is 4.98 Å². The number of furan rings is 1. The Morgan fingerprint density at radius 1 is 1.38 bits per heavy atom. The number of nitrogens with two attached hydrogens (primary N) is 1. The first-order valence-corrected chi connectivity index (χ1v) is 5.99. The molecule has 0 saturated carbocycles. The molecule has 0 fully saturated rings. The Morgan fingerprint density at radius 3 is 2.81 bits per heavy atom. The van der Waals surface area contributed by atoms with Crippen molar-refractivity contribution in [3.63, 3.8) is 0 Å². The molecule has 86 valence electrons. The first kappa shape index (κ1) is 11.3. The Balaban J connectivity index is 1.79. The highest BCUT2D eigenvalue weighted by molar-refractivity contribution is 7.11. The van der Waals surface area contributed by atoms with Crippen molar-refractivity contribution >= 4 is 11.3 Å². The van der Waals surface area contributed by atoms with E-state index >= 15 is 0 Å². The summed E-state index contributed by atoms with van der Waals surface area (Å²) in [6.07, 6.45) is 1.90. The topological polar surface area (TPSA) is 64.1 Å². The summed E-state index contributed by atoms with van der Waals surface area (Å²) in [4.78, 5) is 5.44. The van der Waals surface area contributed by atoms with E-state index < -0.39 is 0 Å². The van der Waals surface area contributed by atoms with Crippen molar-refractivity contribution in [2.75, 3.05) is 0 Å². The number of nitrogens with zero attached hydrogens (tertiary/aromatic N) is 1. The number of hydrogen-bond acceptors (Lipinski definition) is 5. The van der Waals surface area contributed by atoms with Crippen molar-refractivity contribution in [1.29, 1.82) is 0 Å². The van der Waals surface area contributed by atoms with Crippen LogP contribution in [0.1, 0.15) is 21.4 Å². The maximum absolute atomic E-state index is 5.48. The van der Waals surface area contributed by atoms with Gasteiger partial charge >= 0.3 is 0 Å². The van der Waals surface area contributed by atoms with Gasteiger partial charge in [0.2, 0.25) is 0 Å². The van der Waals surface area contributed by atoms with Gasteiger partial charge in [-0.1, -0.05) is 0 Å². The van der Waals surface area contributed by atoms with Crippen molar-refractivity contribution < 1.29 is 4.42 Å². The molecular weight excluding hydrogens is 222 g/mol. The molecular formula is C11H15N3OS. The summed E-state index contributed by atoms with van der Waals surface area (Å²) in [5.41, 5.74) is 5.46. The van der Waals surface area contributed by atoms with Gasteiger partial charge in [-0.2, -0.15) is 0 Å². The van der Waals surface area contributed by atoms with Crippen LogP contribution in [0, 0.1) is 6.92 Å². The number of aryl methyl sites for hydroxylation is 1. The van der Waals surface area contributed by atoms with Crippen LogP contribution in [0.4, 0.5) is 0 Å². The van der Waals surface area contributed by atoms with E-state index in [0.29, 0.717) is 6.54 Å². The predicted molar refractivity (Wildman–Crippen MR) is 64.0 cm³/mol. The van der Waals surface area contributed by atoms with Crippen molar-refractivity contribution in [1.82, 2.24) is 10.3 Å². The highest BCUT2D eigenvalue weighted by atomic mass is 32.1. The van der Waals surface area contributed by atoms with E-state index in [1.54, 1.807) is 11.3 Å². The standard InChI is InChI=1S/C11H15N3OS/c1-8-14-7-11(16-8)6-13-5-10-3-2-9(4-12)15-10/h2-3,7,13H,4-6,12H2,1H3. The van der Waals surface area contributed by atoms with Crippen LogP contribution in [0.2, 0.25) is 0 Å². The van der Waals surface area contributed by atoms with Crippen LogP contribution in [0.15, 0.2) is 22.7 Å². The second kappa shape index (κ2) is 5.25. The summed E-state index contributed by atoms with van der Waals surface area (Å²) in [6, 6.07) is 3.86. The zero-order chi connectivity index (χ0) is 11.4. The Hall–Kier alpha value is -1.17. The molecule has 16 heavy (non-hydrogen) atoms. The van der Waals surface area contributed by atoms with Crippen molar-refractivity contribution in [2.24, 2.45) is 5.73 Å². The number of aromatic nitrogens is 1. The molecule has 4 nitrogen and oxygen atoms in total. The molecule has 2 aromatic heterocycles. The van der Waals surface area contributed by atoms with Gasteiger partial charge in [0.1, 0.15) is 11.5 Å². The highest BCUT2D eigenvalue weighted by Gasteiger charge is 2.01. The van der Waals surface area contributed by atoms with Crippen LogP contribution in [-0.2, 0) is 19.6 Å². The molecule has 0 radical (unpaired) electrons. The second-order valence-corrected chi connectivity index (χ2v) is 4.84. The van der Waals surface area contributed by atoms with E-state index in [2.05, 4.69) is 10.3 Å². The van der Waals surface area contributed by atoms with Gasteiger partial charge in [0.05, 0.1) is 18.1 Å². The zero-order valence-electron chi connectivity index (χ0n) is 9.19. The van der Waals surface area contributed by atoms with E-state index in [0.717, 1.165) is 29.6 Å². The lowest BCUT2D eigenvalue weighted by molar-refractivity contribution is 0.448. The summed E-state index contributed by atoms with van der Waals surface area (Å²) in [5, 5.41) is 4.40. The molecule has 5 heteroatoms. The average Bonchev–Trinajstić information content (AvgIpc) is 2.88. The molecule has 0 spiro atoms. The van der Waals surface area contributed by atoms with E-state index in [1.807, 2.05) is 25.3 Å². The Bertz CT molecular complexity index is 450. The minimum absolute atomic E-state index is 0.452. The lowest BCUT2D eigenvalue weighted by Crippen LogP contribution is -2.11. The minimum atomic E-state index is 0.452. The quantitative estimate of drug-likeness (QED) is 0.832. The molecule has 0 aliphatic carbocycles. The Kier molecular flexibility index (Phi) is 3.71. The van der Waals surface area contributed by atoms with Gasteiger partial charge < -0.3 is 15.5 Å². The highest BCUT2D eigenvalue weighted by Crippen LogP contribution is 2.11. The van der Waals surface area contributed by atoms with Crippen LogP contribution < -0.4 is 11.1 Å². The summed E-state index contributed by atoms with van der Waals surface area (Å²) >= 11 is 1.71. The maximum atomic E-state index is 5.48. The zero-order valence-corrected chi connectivity index (χ0v) is 10.0. The fourth-order valence-corrected chi connectivity index (χ4v) is 2.19. The summed E-state index contributed by atoms with van der Waals surface area (Å²) < 4.78 is 5.48. The van der Waals surface area contributed by atoms with Gasteiger partial charge in [-0.3, -0.25) is 0 Å². The first-order valence-electron chi connectivity index (χ1n) is 5.17. The third-order valence-corrected chi connectivity index (χ3v) is 3.10. The summed E-state index contributed by atoms with van der Waals surface area (Å²) in [5.74, 6) is 1.74. The van der Waals surface area contributed by atoms with Gasteiger partial charge in [0.25, 0.3) is 0 Å². The summed E-state index contributed by atoms with van der Waals surface area (Å²) in [6.45, 7) is 4.00. The molecule has 2 rings (SSSR count). The van der Waals surface area contributed by atoms with Crippen LogP contribution in [0.3, 0.4) is 0 Å². The van der Waals surface area contributed by atoms with E-state index in [1.165, 1.54) is 4.88 Å². The molecule has 0 amide bonds. The SMILES string of the molecule is Cc1ncc(CNCc2ccc(CN)o2)s1. The molecule has 0 atom stereocenters. The third kappa shape index (κ3) is 2.91. The van der Waals surface area contributed by atoms with Gasteiger partial charge in [-0.25, -0.2) is 4.98 Å². The van der Waals surface area contributed by atoms with Crippen LogP contribution in [0.25, 0.3) is 0 Å².